The molecule has 0 saturated carbocycles. The topological polar surface area (TPSA) is 61.4 Å². The zero-order valence-corrected chi connectivity index (χ0v) is 18.1. The van der Waals surface area contributed by atoms with Crippen molar-refractivity contribution in [2.45, 2.75) is 25.8 Å². The second kappa shape index (κ2) is 10.7. The molecule has 0 spiro atoms. The lowest BCUT2D eigenvalue weighted by atomic mass is 9.96. The van der Waals surface area contributed by atoms with Crippen molar-refractivity contribution in [1.82, 2.24) is 20.2 Å². The van der Waals surface area contributed by atoms with E-state index >= 15 is 0 Å². The summed E-state index contributed by atoms with van der Waals surface area (Å²) in [6, 6.07) is 8.18. The van der Waals surface area contributed by atoms with Crippen molar-refractivity contribution in [2.24, 2.45) is 0 Å². The molecule has 0 aliphatic carbocycles. The molecule has 1 atom stereocenters. The van der Waals surface area contributed by atoms with E-state index < -0.39 is 0 Å². The number of halogens is 3. The Balaban J connectivity index is 0.00000300. The van der Waals surface area contributed by atoms with Gasteiger partial charge in [0.25, 0.3) is 0 Å². The molecule has 1 aliphatic rings. The number of amides is 1. The van der Waals surface area contributed by atoms with Gasteiger partial charge in [-0.1, -0.05) is 37.6 Å². The van der Waals surface area contributed by atoms with Gasteiger partial charge in [-0.15, -0.1) is 12.4 Å². The number of benzene rings is 1. The number of hydrogen-bond acceptors (Lipinski definition) is 5. The van der Waals surface area contributed by atoms with E-state index in [-0.39, 0.29) is 36.1 Å². The van der Waals surface area contributed by atoms with E-state index in [4.69, 9.17) is 11.6 Å². The minimum absolute atomic E-state index is 0. The molecule has 1 amide bonds. The fraction of sp³-hybridized carbons (Fsp3) is 0.450. The van der Waals surface area contributed by atoms with E-state index in [0.29, 0.717) is 37.9 Å². The average molecular weight is 442 g/mol. The van der Waals surface area contributed by atoms with Gasteiger partial charge < -0.3 is 15.1 Å². The summed E-state index contributed by atoms with van der Waals surface area (Å²) in [6.07, 6.45) is 1.44. The van der Waals surface area contributed by atoms with Crippen molar-refractivity contribution < 1.29 is 9.18 Å². The van der Waals surface area contributed by atoms with Crippen LogP contribution in [0.5, 0.6) is 0 Å². The Labute approximate surface area is 181 Å². The first-order valence-electron chi connectivity index (χ1n) is 9.44. The number of rotatable bonds is 6. The largest absolute Gasteiger partial charge is 0.353 e. The van der Waals surface area contributed by atoms with Crippen LogP contribution in [-0.4, -0.2) is 59.5 Å². The Morgan fingerprint density at radius 2 is 1.83 bits per heavy atom. The van der Waals surface area contributed by atoms with Crippen LogP contribution < -0.4 is 10.2 Å². The first-order valence-corrected chi connectivity index (χ1v) is 9.82. The van der Waals surface area contributed by atoms with Crippen LogP contribution in [0.15, 0.2) is 36.7 Å². The second-order valence-corrected chi connectivity index (χ2v) is 7.57. The van der Waals surface area contributed by atoms with Crippen LogP contribution in [0.25, 0.3) is 0 Å². The monoisotopic (exact) mass is 441 g/mol. The van der Waals surface area contributed by atoms with E-state index in [1.54, 1.807) is 18.2 Å². The maximum Gasteiger partial charge on any atom is 0.231 e. The lowest BCUT2D eigenvalue weighted by molar-refractivity contribution is -0.133. The van der Waals surface area contributed by atoms with Crippen molar-refractivity contribution in [2.75, 3.05) is 37.6 Å². The van der Waals surface area contributed by atoms with Gasteiger partial charge in [-0.05, 0) is 17.7 Å². The molecule has 1 fully saturated rings. The van der Waals surface area contributed by atoms with Gasteiger partial charge in [0, 0.05) is 44.8 Å². The number of aromatic nitrogens is 2. The predicted molar refractivity (Wildman–Crippen MR) is 115 cm³/mol. The van der Waals surface area contributed by atoms with Gasteiger partial charge in [-0.25, -0.2) is 14.4 Å². The summed E-state index contributed by atoms with van der Waals surface area (Å²) in [6.45, 7) is 7.14. The number of anilines is 1. The van der Waals surface area contributed by atoms with Crippen LogP contribution in [0.1, 0.15) is 25.3 Å². The van der Waals surface area contributed by atoms with E-state index in [1.807, 2.05) is 18.7 Å². The highest BCUT2D eigenvalue weighted by Crippen LogP contribution is 2.22. The molecular formula is C20H26Cl2FN5O. The van der Waals surface area contributed by atoms with Crippen LogP contribution in [0.4, 0.5) is 10.2 Å². The fourth-order valence-corrected chi connectivity index (χ4v) is 3.41. The van der Waals surface area contributed by atoms with E-state index in [1.165, 1.54) is 18.5 Å². The van der Waals surface area contributed by atoms with Crippen molar-refractivity contribution >= 4 is 35.7 Å². The van der Waals surface area contributed by atoms with Crippen LogP contribution in [0.3, 0.4) is 0 Å². The number of nitrogens with one attached hydrogen (secondary N) is 1. The summed E-state index contributed by atoms with van der Waals surface area (Å²) in [5.74, 6) is 0.177. The van der Waals surface area contributed by atoms with Gasteiger partial charge >= 0.3 is 0 Å². The third-order valence-corrected chi connectivity index (χ3v) is 5.04. The zero-order chi connectivity index (χ0) is 20.1. The molecule has 1 unspecified atom stereocenters. The summed E-state index contributed by atoms with van der Waals surface area (Å²) >= 11 is 5.95. The van der Waals surface area contributed by atoms with E-state index in [2.05, 4.69) is 20.2 Å². The molecule has 2 aromatic rings. The number of hydrogen-bond donors (Lipinski definition) is 1. The first kappa shape index (κ1) is 23.3. The minimum atomic E-state index is -0.344. The Kier molecular flexibility index (Phi) is 8.61. The average Bonchev–Trinajstić information content (AvgIpc) is 2.69. The summed E-state index contributed by atoms with van der Waals surface area (Å²) in [4.78, 5) is 25.3. The predicted octanol–water partition coefficient (Wildman–Crippen LogP) is 3.12. The normalized spacial score (nSPS) is 15.2. The molecule has 1 saturated heterocycles. The van der Waals surface area contributed by atoms with Gasteiger partial charge in [-0.2, -0.15) is 0 Å². The minimum Gasteiger partial charge on any atom is -0.353 e. The molecule has 1 N–H and O–H groups in total. The lowest BCUT2D eigenvalue weighted by Crippen LogP contribution is -2.51. The Hall–Kier alpha value is -1.96. The molecule has 1 aromatic carbocycles. The van der Waals surface area contributed by atoms with Crippen molar-refractivity contribution in [3.05, 3.63) is 53.2 Å². The maximum atomic E-state index is 13.3. The lowest BCUT2D eigenvalue weighted by Gasteiger charge is -2.37. The molecular weight excluding hydrogens is 416 g/mol. The SMILES string of the molecule is CC(C)NCC(C(=O)N1CCN(c2cc(Cl)ncn2)CC1)c1ccc(F)cc1.Cl. The third-order valence-electron chi connectivity index (χ3n) is 4.84. The van der Waals surface area contributed by atoms with E-state index in [0.717, 1.165) is 11.4 Å². The van der Waals surface area contributed by atoms with Crippen molar-refractivity contribution in [3.8, 4) is 0 Å². The molecule has 1 aliphatic heterocycles. The molecule has 158 valence electrons. The molecule has 6 nitrogen and oxygen atoms in total. The third kappa shape index (κ3) is 6.26. The zero-order valence-electron chi connectivity index (χ0n) is 16.5. The standard InChI is InChI=1S/C20H25ClFN5O.ClH/c1-14(2)23-12-17(15-3-5-16(22)6-4-15)20(28)27-9-7-26(8-10-27)19-11-18(21)24-13-25-19;/h3-6,11,13-14,17,23H,7-10,12H2,1-2H3;1H. The Morgan fingerprint density at radius 1 is 1.17 bits per heavy atom. The second-order valence-electron chi connectivity index (χ2n) is 7.18. The summed E-state index contributed by atoms with van der Waals surface area (Å²) in [5, 5.41) is 3.74. The smallest absolute Gasteiger partial charge is 0.231 e. The molecule has 9 heteroatoms. The first-order chi connectivity index (χ1) is 13.4. The van der Waals surface area contributed by atoms with Crippen molar-refractivity contribution in [1.29, 1.82) is 0 Å². The highest BCUT2D eigenvalue weighted by Gasteiger charge is 2.29. The number of nitrogens with zero attached hydrogens (tertiary/aromatic N) is 4. The highest BCUT2D eigenvalue weighted by atomic mass is 35.5. The maximum absolute atomic E-state index is 13.3. The molecule has 0 radical (unpaired) electrons. The van der Waals surface area contributed by atoms with Crippen molar-refractivity contribution in [3.63, 3.8) is 0 Å². The summed E-state index contributed by atoms with van der Waals surface area (Å²) in [7, 11) is 0. The fourth-order valence-electron chi connectivity index (χ4n) is 3.27. The van der Waals surface area contributed by atoms with Gasteiger partial charge in [-0.3, -0.25) is 4.79 Å². The van der Waals surface area contributed by atoms with Gasteiger partial charge in [0.2, 0.25) is 5.91 Å². The molecule has 29 heavy (non-hydrogen) atoms. The molecule has 2 heterocycles. The van der Waals surface area contributed by atoms with Crippen LogP contribution in [-0.2, 0) is 4.79 Å². The number of carbonyl (C=O) groups excluding carboxylic acids is 1. The molecule has 1 aromatic heterocycles. The number of carbonyl (C=O) groups is 1. The quantitative estimate of drug-likeness (QED) is 0.697. The summed E-state index contributed by atoms with van der Waals surface area (Å²) < 4.78 is 13.3. The Morgan fingerprint density at radius 3 is 2.41 bits per heavy atom. The highest BCUT2D eigenvalue weighted by molar-refractivity contribution is 6.29. The summed E-state index contributed by atoms with van der Waals surface area (Å²) in [5.41, 5.74) is 0.824. The van der Waals surface area contributed by atoms with E-state index in [9.17, 15) is 9.18 Å². The van der Waals surface area contributed by atoms with Gasteiger partial charge in [0.05, 0.1) is 5.92 Å². The van der Waals surface area contributed by atoms with Crippen LogP contribution in [0.2, 0.25) is 5.15 Å². The van der Waals surface area contributed by atoms with Crippen LogP contribution in [0, 0.1) is 5.82 Å². The van der Waals surface area contributed by atoms with Gasteiger partial charge in [0.15, 0.2) is 0 Å². The molecule has 0 bridgehead atoms. The molecule has 3 rings (SSSR count). The Bertz CT molecular complexity index is 798. The van der Waals surface area contributed by atoms with Gasteiger partial charge in [0.1, 0.15) is 23.1 Å². The van der Waals surface area contributed by atoms with Crippen LogP contribution >= 0.6 is 24.0 Å². The number of piperazine rings is 1.